The Morgan fingerprint density at radius 1 is 1.04 bits per heavy atom. The van der Waals surface area contributed by atoms with Gasteiger partial charge in [-0.1, -0.05) is 29.8 Å². The maximum absolute atomic E-state index is 11.9. The van der Waals surface area contributed by atoms with Gasteiger partial charge in [-0.25, -0.2) is 4.98 Å². The molecule has 0 fully saturated rings. The van der Waals surface area contributed by atoms with E-state index in [0.717, 1.165) is 20.8 Å². The van der Waals surface area contributed by atoms with E-state index in [1.54, 1.807) is 18.2 Å². The van der Waals surface area contributed by atoms with Crippen LogP contribution in [0.4, 0.5) is 0 Å². The highest BCUT2D eigenvalue weighted by atomic mass is 32.1. The molecular formula is C18H15N3O2S. The Bertz CT molecular complexity index is 880. The minimum Gasteiger partial charge on any atom is -0.268 e. The van der Waals surface area contributed by atoms with E-state index in [0.29, 0.717) is 5.56 Å². The van der Waals surface area contributed by atoms with Crippen LogP contribution in [0, 0.1) is 6.92 Å². The molecule has 3 aromatic rings. The third kappa shape index (κ3) is 3.85. The Kier molecular flexibility index (Phi) is 4.67. The minimum absolute atomic E-state index is 0.364. The predicted octanol–water partition coefficient (Wildman–Crippen LogP) is 3.08. The van der Waals surface area contributed by atoms with Crippen molar-refractivity contribution in [1.82, 2.24) is 15.8 Å². The molecule has 6 heteroatoms. The number of rotatable bonds is 3. The topological polar surface area (TPSA) is 71.1 Å². The molecule has 0 aliphatic rings. The summed E-state index contributed by atoms with van der Waals surface area (Å²) in [5.41, 5.74) is 7.17. The summed E-state index contributed by atoms with van der Waals surface area (Å²) in [6.45, 7) is 1.94. The average Bonchev–Trinajstić information content (AvgIpc) is 3.01. The molecule has 2 aromatic carbocycles. The fourth-order valence-electron chi connectivity index (χ4n) is 2.05. The van der Waals surface area contributed by atoms with Gasteiger partial charge in [-0.15, -0.1) is 11.3 Å². The average molecular weight is 337 g/mol. The molecule has 1 heterocycles. The fourth-order valence-corrected chi connectivity index (χ4v) is 2.92. The number of hydrazine groups is 1. The van der Waals surface area contributed by atoms with Crippen molar-refractivity contribution < 1.29 is 9.59 Å². The molecule has 0 radical (unpaired) electrons. The zero-order valence-electron chi connectivity index (χ0n) is 12.9. The molecule has 24 heavy (non-hydrogen) atoms. The van der Waals surface area contributed by atoms with Crippen molar-refractivity contribution in [1.29, 1.82) is 0 Å². The lowest BCUT2D eigenvalue weighted by Gasteiger charge is -2.05. The van der Waals surface area contributed by atoms with Crippen LogP contribution in [0.2, 0.25) is 0 Å². The summed E-state index contributed by atoms with van der Waals surface area (Å²) in [5.74, 6) is -0.786. The van der Waals surface area contributed by atoms with Crippen molar-refractivity contribution in [2.75, 3.05) is 0 Å². The second kappa shape index (κ2) is 7.06. The Labute approximate surface area is 143 Å². The lowest BCUT2D eigenvalue weighted by molar-refractivity contribution is -0.117. The summed E-state index contributed by atoms with van der Waals surface area (Å²) in [5, 5.41) is 0.733. The number of aromatic nitrogens is 1. The second-order valence-corrected chi connectivity index (χ2v) is 6.22. The fraction of sp³-hybridized carbons (Fsp3) is 0.0556. The monoisotopic (exact) mass is 337 g/mol. The number of benzene rings is 2. The van der Waals surface area contributed by atoms with Crippen LogP contribution >= 0.6 is 11.3 Å². The zero-order chi connectivity index (χ0) is 16.9. The molecule has 3 rings (SSSR count). The first-order chi connectivity index (χ1) is 11.6. The molecule has 0 bridgehead atoms. The van der Waals surface area contributed by atoms with Crippen LogP contribution in [0.15, 0.2) is 54.6 Å². The van der Waals surface area contributed by atoms with E-state index >= 15 is 0 Å². The normalized spacial score (nSPS) is 10.9. The summed E-state index contributed by atoms with van der Waals surface area (Å²) in [4.78, 5) is 28.1. The van der Waals surface area contributed by atoms with Crippen LogP contribution in [0.1, 0.15) is 20.9 Å². The quantitative estimate of drug-likeness (QED) is 0.570. The summed E-state index contributed by atoms with van der Waals surface area (Å²) in [6.07, 6.45) is 2.96. The molecule has 0 aliphatic heterocycles. The van der Waals surface area contributed by atoms with Crippen molar-refractivity contribution in [3.63, 3.8) is 0 Å². The van der Waals surface area contributed by atoms with Crippen LogP contribution in [0.5, 0.6) is 0 Å². The summed E-state index contributed by atoms with van der Waals surface area (Å²) >= 11 is 1.50. The van der Waals surface area contributed by atoms with Gasteiger partial charge >= 0.3 is 0 Å². The summed E-state index contributed by atoms with van der Waals surface area (Å²) in [7, 11) is 0. The lowest BCUT2D eigenvalue weighted by atomic mass is 10.1. The van der Waals surface area contributed by atoms with E-state index in [2.05, 4.69) is 15.8 Å². The molecule has 0 saturated carbocycles. The second-order valence-electron chi connectivity index (χ2n) is 5.16. The van der Waals surface area contributed by atoms with E-state index in [1.807, 2.05) is 43.3 Å². The van der Waals surface area contributed by atoms with E-state index in [1.165, 1.54) is 17.4 Å². The third-order valence-electron chi connectivity index (χ3n) is 3.30. The number of para-hydroxylation sites is 1. The van der Waals surface area contributed by atoms with E-state index in [4.69, 9.17) is 0 Å². The first-order valence-corrected chi connectivity index (χ1v) is 8.14. The third-order valence-corrected chi connectivity index (χ3v) is 4.30. The Balaban J connectivity index is 1.57. The molecule has 120 valence electrons. The zero-order valence-corrected chi connectivity index (χ0v) is 13.8. The van der Waals surface area contributed by atoms with Crippen molar-refractivity contribution in [3.05, 3.63) is 70.7 Å². The molecule has 0 saturated heterocycles. The number of carbonyl (C=O) groups is 2. The Morgan fingerprint density at radius 2 is 1.79 bits per heavy atom. The molecule has 2 amide bonds. The highest BCUT2D eigenvalue weighted by molar-refractivity contribution is 7.19. The highest BCUT2D eigenvalue weighted by Gasteiger charge is 2.05. The number of aryl methyl sites for hydroxylation is 1. The van der Waals surface area contributed by atoms with Crippen LogP contribution in [-0.4, -0.2) is 16.8 Å². The van der Waals surface area contributed by atoms with Crippen molar-refractivity contribution in [3.8, 4) is 0 Å². The van der Waals surface area contributed by atoms with E-state index < -0.39 is 5.91 Å². The van der Waals surface area contributed by atoms with Crippen molar-refractivity contribution >= 4 is 39.4 Å². The largest absolute Gasteiger partial charge is 0.269 e. The Morgan fingerprint density at radius 3 is 2.54 bits per heavy atom. The van der Waals surface area contributed by atoms with Gasteiger partial charge in [0, 0.05) is 11.6 Å². The highest BCUT2D eigenvalue weighted by Crippen LogP contribution is 2.22. The predicted molar refractivity (Wildman–Crippen MR) is 95.4 cm³/mol. The molecule has 5 nitrogen and oxygen atoms in total. The summed E-state index contributed by atoms with van der Waals surface area (Å²) in [6, 6.07) is 14.8. The first-order valence-electron chi connectivity index (χ1n) is 7.32. The summed E-state index contributed by atoms with van der Waals surface area (Å²) < 4.78 is 1.06. The molecule has 0 unspecified atom stereocenters. The number of hydrogen-bond donors (Lipinski definition) is 2. The first kappa shape index (κ1) is 15.9. The molecule has 0 aliphatic carbocycles. The van der Waals surface area contributed by atoms with E-state index in [9.17, 15) is 9.59 Å². The lowest BCUT2D eigenvalue weighted by Crippen LogP contribution is -2.40. The van der Waals surface area contributed by atoms with Gasteiger partial charge in [-0.05, 0) is 37.3 Å². The number of nitrogens with one attached hydrogen (secondary N) is 2. The van der Waals surface area contributed by atoms with Gasteiger partial charge in [-0.3, -0.25) is 20.4 Å². The van der Waals surface area contributed by atoms with Crippen molar-refractivity contribution in [2.24, 2.45) is 0 Å². The van der Waals surface area contributed by atoms with Gasteiger partial charge in [0.1, 0.15) is 5.01 Å². The van der Waals surface area contributed by atoms with Crippen LogP contribution < -0.4 is 10.9 Å². The van der Waals surface area contributed by atoms with Gasteiger partial charge in [-0.2, -0.15) is 0 Å². The number of thiazole rings is 1. The van der Waals surface area contributed by atoms with E-state index in [-0.39, 0.29) is 5.91 Å². The molecule has 1 aromatic heterocycles. The maximum Gasteiger partial charge on any atom is 0.269 e. The number of carbonyl (C=O) groups excluding carboxylic acids is 2. The van der Waals surface area contributed by atoms with Crippen molar-refractivity contribution in [2.45, 2.75) is 6.92 Å². The minimum atomic E-state index is -0.422. The van der Waals surface area contributed by atoms with Crippen LogP contribution in [-0.2, 0) is 4.79 Å². The number of amides is 2. The van der Waals surface area contributed by atoms with Crippen LogP contribution in [0.25, 0.3) is 16.3 Å². The van der Waals surface area contributed by atoms with Gasteiger partial charge in [0.15, 0.2) is 0 Å². The van der Waals surface area contributed by atoms with Crippen LogP contribution in [0.3, 0.4) is 0 Å². The number of fused-ring (bicyclic) bond motifs is 1. The Hall–Kier alpha value is -2.99. The maximum atomic E-state index is 11.9. The molecular weight excluding hydrogens is 322 g/mol. The molecule has 0 atom stereocenters. The van der Waals surface area contributed by atoms with Gasteiger partial charge in [0.05, 0.1) is 10.2 Å². The van der Waals surface area contributed by atoms with Gasteiger partial charge < -0.3 is 0 Å². The number of nitrogens with zero attached hydrogens (tertiary/aromatic N) is 1. The number of hydrogen-bond acceptors (Lipinski definition) is 4. The standard InChI is InChI=1S/C18H15N3O2S/c1-12-6-8-13(9-7-12)18(23)21-20-16(22)10-11-17-19-14-4-2-3-5-15(14)24-17/h2-11H,1H3,(H,20,22)(H,21,23)/b11-10+. The molecule has 2 N–H and O–H groups in total. The smallest absolute Gasteiger partial charge is 0.268 e. The SMILES string of the molecule is Cc1ccc(C(=O)NNC(=O)/C=C/c2nc3ccccc3s2)cc1. The molecule has 0 spiro atoms. The van der Waals surface area contributed by atoms with Gasteiger partial charge in [0.25, 0.3) is 11.8 Å². The van der Waals surface area contributed by atoms with Gasteiger partial charge in [0.2, 0.25) is 0 Å².